The highest BCUT2D eigenvalue weighted by Gasteiger charge is 2.63. The molecule has 0 saturated heterocycles. The molecular formula is C26H35NO3S. The quantitative estimate of drug-likeness (QED) is 0.670. The Morgan fingerprint density at radius 2 is 2.00 bits per heavy atom. The average Bonchev–Trinajstić information content (AvgIpc) is 3.09. The molecule has 0 spiro atoms. The molecule has 1 heterocycles. The summed E-state index contributed by atoms with van der Waals surface area (Å²) in [5, 5.41) is 11.1. The third-order valence-corrected chi connectivity index (χ3v) is 10.7. The number of ketones is 2. The molecule has 5 rings (SSSR count). The topological polar surface area (TPSA) is 67.3 Å². The Morgan fingerprint density at radius 1 is 1.16 bits per heavy atom. The third kappa shape index (κ3) is 3.51. The highest BCUT2D eigenvalue weighted by molar-refractivity contribution is 7.99. The van der Waals surface area contributed by atoms with Gasteiger partial charge in [-0.25, -0.2) is 4.98 Å². The molecule has 1 aromatic heterocycles. The van der Waals surface area contributed by atoms with Gasteiger partial charge in [0.2, 0.25) is 0 Å². The van der Waals surface area contributed by atoms with Gasteiger partial charge >= 0.3 is 0 Å². The number of carbonyl (C=O) groups excluding carboxylic acids is 2. The predicted molar refractivity (Wildman–Crippen MR) is 122 cm³/mol. The Hall–Kier alpha value is -1.20. The lowest BCUT2D eigenvalue weighted by Crippen LogP contribution is -2.58. The summed E-state index contributed by atoms with van der Waals surface area (Å²) in [6, 6.07) is 5.79. The van der Waals surface area contributed by atoms with Crippen LogP contribution in [0, 0.1) is 40.4 Å². The summed E-state index contributed by atoms with van der Waals surface area (Å²) >= 11 is 1.52. The first kappa shape index (κ1) is 21.6. The van der Waals surface area contributed by atoms with E-state index in [0.717, 1.165) is 50.0 Å². The number of Topliss-reactive ketones (excluding diaryl/α,β-unsaturated/α-hetero) is 2. The second-order valence-corrected chi connectivity index (χ2v) is 12.2. The minimum absolute atomic E-state index is 0.00248. The maximum atomic E-state index is 13.7. The zero-order valence-corrected chi connectivity index (χ0v) is 19.6. The average molecular weight is 442 g/mol. The number of hydrogen-bond donors (Lipinski definition) is 1. The number of aliphatic hydroxyl groups is 1. The van der Waals surface area contributed by atoms with Gasteiger partial charge in [0.15, 0.2) is 0 Å². The van der Waals surface area contributed by atoms with E-state index in [4.69, 9.17) is 0 Å². The number of fused-ring (bicyclic) bond motifs is 5. The van der Waals surface area contributed by atoms with Crippen molar-refractivity contribution in [1.29, 1.82) is 0 Å². The molecule has 31 heavy (non-hydrogen) atoms. The van der Waals surface area contributed by atoms with Gasteiger partial charge in [0.05, 0.1) is 16.9 Å². The van der Waals surface area contributed by atoms with Gasteiger partial charge in [-0.2, -0.15) is 0 Å². The number of rotatable bonds is 4. The molecule has 0 bridgehead atoms. The number of carbonyl (C=O) groups is 2. The normalized spacial score (nSPS) is 44.3. The Balaban J connectivity index is 1.34. The molecule has 168 valence electrons. The van der Waals surface area contributed by atoms with Crippen LogP contribution in [0.4, 0.5) is 0 Å². The number of nitrogens with zero attached hydrogens (tertiary/aromatic N) is 1. The van der Waals surface area contributed by atoms with Gasteiger partial charge in [0.25, 0.3) is 0 Å². The molecule has 4 nitrogen and oxygen atoms in total. The van der Waals surface area contributed by atoms with Crippen LogP contribution in [0.3, 0.4) is 0 Å². The lowest BCUT2D eigenvalue weighted by Gasteiger charge is -2.59. The predicted octanol–water partition coefficient (Wildman–Crippen LogP) is 4.94. The first-order valence-corrected chi connectivity index (χ1v) is 13.1. The number of thioether (sulfide) groups is 1. The number of aliphatic hydroxyl groups excluding tert-OH is 1. The number of hydrogen-bond acceptors (Lipinski definition) is 5. The van der Waals surface area contributed by atoms with Crippen LogP contribution in [-0.4, -0.2) is 33.5 Å². The molecule has 0 aromatic carbocycles. The summed E-state index contributed by atoms with van der Waals surface area (Å²) in [6.07, 6.45) is 9.03. The van der Waals surface area contributed by atoms with E-state index < -0.39 is 0 Å². The van der Waals surface area contributed by atoms with Crippen LogP contribution in [0.1, 0.15) is 65.2 Å². The van der Waals surface area contributed by atoms with Gasteiger partial charge in [-0.15, -0.1) is 0 Å². The van der Waals surface area contributed by atoms with Crippen molar-refractivity contribution in [1.82, 2.24) is 4.98 Å². The van der Waals surface area contributed by atoms with Gasteiger partial charge in [0, 0.05) is 24.5 Å². The first-order valence-electron chi connectivity index (χ1n) is 12.1. The van der Waals surface area contributed by atoms with Crippen LogP contribution in [0.2, 0.25) is 0 Å². The minimum atomic E-state index is -0.191. The molecule has 4 saturated carbocycles. The maximum Gasteiger partial charge on any atom is 0.146 e. The molecule has 4 fully saturated rings. The second kappa shape index (κ2) is 7.98. The molecule has 0 unspecified atom stereocenters. The summed E-state index contributed by atoms with van der Waals surface area (Å²) < 4.78 is 0. The SMILES string of the molecule is C[C@]12CC[C@@H](O)C[C@@H]1CC[C@H]1[C@@H]3CC[C@H](C(=O)CSc4ccccn4)[C@@]3(C)CC(=O)[C@@H]12. The van der Waals surface area contributed by atoms with E-state index in [2.05, 4.69) is 18.8 Å². The smallest absolute Gasteiger partial charge is 0.146 e. The van der Waals surface area contributed by atoms with E-state index in [1.807, 2.05) is 18.2 Å². The van der Waals surface area contributed by atoms with Gasteiger partial charge in [-0.05, 0) is 85.7 Å². The van der Waals surface area contributed by atoms with Crippen molar-refractivity contribution in [3.05, 3.63) is 24.4 Å². The van der Waals surface area contributed by atoms with Crippen LogP contribution in [0.25, 0.3) is 0 Å². The molecule has 4 aliphatic carbocycles. The summed E-state index contributed by atoms with van der Waals surface area (Å²) in [4.78, 5) is 31.3. The summed E-state index contributed by atoms with van der Waals surface area (Å²) in [6.45, 7) is 4.58. The highest BCUT2D eigenvalue weighted by atomic mass is 32.2. The fraction of sp³-hybridized carbons (Fsp3) is 0.731. The van der Waals surface area contributed by atoms with Crippen LogP contribution < -0.4 is 0 Å². The van der Waals surface area contributed by atoms with Crippen LogP contribution in [0.5, 0.6) is 0 Å². The van der Waals surface area contributed by atoms with E-state index in [1.54, 1.807) is 6.20 Å². The van der Waals surface area contributed by atoms with Gasteiger partial charge in [-0.1, -0.05) is 31.7 Å². The largest absolute Gasteiger partial charge is 0.393 e. The van der Waals surface area contributed by atoms with Gasteiger partial charge in [0.1, 0.15) is 11.6 Å². The zero-order valence-electron chi connectivity index (χ0n) is 18.8. The van der Waals surface area contributed by atoms with E-state index in [1.165, 1.54) is 11.8 Å². The van der Waals surface area contributed by atoms with Crippen molar-refractivity contribution in [3.8, 4) is 0 Å². The van der Waals surface area contributed by atoms with Gasteiger partial charge < -0.3 is 5.11 Å². The Kier molecular flexibility index (Phi) is 5.57. The fourth-order valence-electron chi connectivity index (χ4n) is 8.26. The molecule has 4 aliphatic rings. The van der Waals surface area contributed by atoms with Crippen molar-refractivity contribution in [3.63, 3.8) is 0 Å². The first-order chi connectivity index (χ1) is 14.8. The molecule has 0 amide bonds. The third-order valence-electron chi connectivity index (χ3n) is 9.71. The zero-order chi connectivity index (χ0) is 21.8. The van der Waals surface area contributed by atoms with Crippen LogP contribution in [-0.2, 0) is 9.59 Å². The Labute approximate surface area is 190 Å². The van der Waals surface area contributed by atoms with Crippen molar-refractivity contribution >= 4 is 23.3 Å². The molecule has 0 radical (unpaired) electrons. The highest BCUT2D eigenvalue weighted by Crippen LogP contribution is 2.66. The number of pyridine rings is 1. The summed E-state index contributed by atoms with van der Waals surface area (Å²) in [5.41, 5.74) is -0.144. The van der Waals surface area contributed by atoms with Gasteiger partial charge in [-0.3, -0.25) is 9.59 Å². The molecule has 5 heteroatoms. The van der Waals surface area contributed by atoms with Crippen LogP contribution in [0.15, 0.2) is 29.4 Å². The molecule has 1 aromatic rings. The van der Waals surface area contributed by atoms with E-state index in [0.29, 0.717) is 41.5 Å². The lowest BCUT2D eigenvalue weighted by atomic mass is 9.44. The van der Waals surface area contributed by atoms with Crippen molar-refractivity contribution in [2.24, 2.45) is 40.4 Å². The Morgan fingerprint density at radius 3 is 2.77 bits per heavy atom. The summed E-state index contributed by atoms with van der Waals surface area (Å²) in [7, 11) is 0. The van der Waals surface area contributed by atoms with Crippen molar-refractivity contribution in [2.75, 3.05) is 5.75 Å². The molecular weight excluding hydrogens is 406 g/mol. The van der Waals surface area contributed by atoms with Crippen LogP contribution >= 0.6 is 11.8 Å². The van der Waals surface area contributed by atoms with E-state index >= 15 is 0 Å². The van der Waals surface area contributed by atoms with E-state index in [9.17, 15) is 14.7 Å². The fourth-order valence-corrected chi connectivity index (χ4v) is 9.06. The minimum Gasteiger partial charge on any atom is -0.393 e. The second-order valence-electron chi connectivity index (χ2n) is 11.2. The molecule has 1 N–H and O–H groups in total. The number of aromatic nitrogens is 1. The Bertz CT molecular complexity index is 859. The van der Waals surface area contributed by atoms with E-state index in [-0.39, 0.29) is 28.8 Å². The molecule has 8 atom stereocenters. The maximum absolute atomic E-state index is 13.7. The van der Waals surface area contributed by atoms with Crippen molar-refractivity contribution < 1.29 is 14.7 Å². The molecule has 0 aliphatic heterocycles. The lowest BCUT2D eigenvalue weighted by molar-refractivity contribution is -0.162. The summed E-state index contributed by atoms with van der Waals surface area (Å²) in [5.74, 6) is 2.66. The monoisotopic (exact) mass is 441 g/mol. The van der Waals surface area contributed by atoms with Crippen molar-refractivity contribution in [2.45, 2.75) is 76.3 Å². The standard InChI is InChI=1S/C26H35NO3S/c1-25-11-10-17(28)13-16(25)6-7-18-19-8-9-20(26(19,2)14-21(29)24(18)25)22(30)15-31-23-5-3-4-12-27-23/h3-5,12,16-20,24,28H,6-11,13-15H2,1-2H3/t16-,17+,18-,19-,20+,24+,25-,26-/m0/s1.